The molecule has 3 fully saturated rings. The first-order chi connectivity index (χ1) is 39.3. The highest BCUT2D eigenvalue weighted by Gasteiger charge is 2.54. The van der Waals surface area contributed by atoms with E-state index in [-0.39, 0.29) is 31.7 Å². The molecule has 3 saturated heterocycles. The molecular formula is C59H93FN6O17. The van der Waals surface area contributed by atoms with Gasteiger partial charge in [0.2, 0.25) is 12.5 Å². The molecule has 0 aliphatic carbocycles. The monoisotopic (exact) mass is 1180 g/mol. The minimum Gasteiger partial charge on any atom is -0.618 e. The molecule has 2 aromatic heterocycles. The van der Waals surface area contributed by atoms with Gasteiger partial charge in [0.25, 0.3) is 0 Å². The lowest BCUT2D eigenvalue weighted by atomic mass is 9.73. The topological polar surface area (TPSA) is 284 Å². The van der Waals surface area contributed by atoms with Crippen molar-refractivity contribution in [2.75, 3.05) is 55.5 Å². The Kier molecular flexibility index (Phi) is 23.9. The number of hydrogen-bond donors (Lipinski definition) is 5. The summed E-state index contributed by atoms with van der Waals surface area (Å²) in [6.45, 7) is 16.4. The van der Waals surface area contributed by atoms with E-state index < -0.39 is 139 Å². The number of likely N-dealkylation sites (N-methyl/N-ethyl adjacent to an activating group) is 1. The molecule has 23 nitrogen and oxygen atoms in total. The second-order valence-corrected chi connectivity index (χ2v) is 23.6. The molecule has 1 aromatic carbocycles. The number of alkyl halides is 1. The van der Waals surface area contributed by atoms with Crippen LogP contribution in [0.5, 0.6) is 0 Å². The summed E-state index contributed by atoms with van der Waals surface area (Å²) in [6.07, 6.45) is -7.22. The van der Waals surface area contributed by atoms with Crippen molar-refractivity contribution in [2.45, 2.75) is 204 Å². The first-order valence-corrected chi connectivity index (χ1v) is 28.8. The highest BCUT2D eigenvalue weighted by molar-refractivity contribution is 5.88. The number of nitrogens with zero attached hydrogens (tertiary/aromatic N) is 6. The quantitative estimate of drug-likeness (QED) is 0.0240. The number of cyclic esters (lactones) is 1. The molecule has 0 saturated carbocycles. The third kappa shape index (κ3) is 15.4. The summed E-state index contributed by atoms with van der Waals surface area (Å²) in [5.74, 6) is -4.07. The number of hydrogen-bond acceptors (Lipinski definition) is 21. The molecule has 20 atom stereocenters. The summed E-state index contributed by atoms with van der Waals surface area (Å²) in [6, 6.07) is 9.18. The van der Waals surface area contributed by atoms with Crippen LogP contribution in [-0.4, -0.2) is 197 Å². The van der Waals surface area contributed by atoms with Crippen LogP contribution in [0.25, 0.3) is 11.1 Å². The van der Waals surface area contributed by atoms with Crippen LogP contribution < -0.4 is 4.73 Å². The van der Waals surface area contributed by atoms with Gasteiger partial charge in [0.05, 0.1) is 59.0 Å². The maximum atomic E-state index is 15.1. The van der Waals surface area contributed by atoms with Crippen LogP contribution in [0.1, 0.15) is 124 Å². The fourth-order valence-electron chi connectivity index (χ4n) is 12.4. The van der Waals surface area contributed by atoms with E-state index in [4.69, 9.17) is 47.5 Å². The molecule has 5 heterocycles. The van der Waals surface area contributed by atoms with Gasteiger partial charge < -0.3 is 83.1 Å². The minimum absolute atomic E-state index is 0.0723. The fourth-order valence-corrected chi connectivity index (χ4v) is 12.4. The first-order valence-electron chi connectivity index (χ1n) is 28.8. The molecule has 24 heteroatoms. The first kappa shape index (κ1) is 67.7. The van der Waals surface area contributed by atoms with E-state index in [1.807, 2.05) is 63.9 Å². The lowest BCUT2D eigenvalue weighted by molar-refractivity contribution is -0.616. The number of aliphatic hydroxyl groups is 5. The molecule has 0 bridgehead atoms. The molecule has 468 valence electrons. The Balaban J connectivity index is 1.30. The molecule has 83 heavy (non-hydrogen) atoms. The van der Waals surface area contributed by atoms with Gasteiger partial charge in [-0.15, -0.1) is 5.10 Å². The molecule has 0 radical (unpaired) electrons. The Labute approximate surface area is 487 Å². The molecule has 0 amide bonds. The second kappa shape index (κ2) is 29.3. The molecule has 3 aliphatic heterocycles. The minimum atomic E-state index is -1.98. The molecule has 6 rings (SSSR count). The number of oxime groups is 1. The number of pyridine rings is 1. The Morgan fingerprint density at radius 3 is 2.24 bits per heavy atom. The number of carbonyl (C=O) groups excluding carboxylic acids is 1. The number of aliphatic hydroxyl groups excluding tert-OH is 4. The van der Waals surface area contributed by atoms with Gasteiger partial charge in [0.15, 0.2) is 18.8 Å². The number of aromatic nitrogens is 4. The van der Waals surface area contributed by atoms with Crippen molar-refractivity contribution in [3.05, 3.63) is 71.0 Å². The van der Waals surface area contributed by atoms with Gasteiger partial charge in [-0.25, -0.2) is 9.07 Å². The lowest BCUT2D eigenvalue weighted by Gasteiger charge is -2.50. The number of carbonyl (C=O) groups is 1. The Bertz CT molecular complexity index is 2550. The van der Waals surface area contributed by atoms with Crippen molar-refractivity contribution in [1.82, 2.24) is 19.9 Å². The second-order valence-electron chi connectivity index (χ2n) is 23.6. The van der Waals surface area contributed by atoms with Crippen LogP contribution in [0.4, 0.5) is 4.39 Å². The van der Waals surface area contributed by atoms with Crippen LogP contribution in [0, 0.1) is 28.9 Å². The van der Waals surface area contributed by atoms with Crippen molar-refractivity contribution in [3.63, 3.8) is 0 Å². The van der Waals surface area contributed by atoms with E-state index >= 15 is 4.39 Å². The molecule has 0 unspecified atom stereocenters. The maximum Gasteiger partial charge on any atom is 0.311 e. The van der Waals surface area contributed by atoms with Crippen LogP contribution in [0.3, 0.4) is 0 Å². The van der Waals surface area contributed by atoms with Crippen LogP contribution in [0.2, 0.25) is 0 Å². The third-order valence-corrected chi connectivity index (χ3v) is 17.7. The van der Waals surface area contributed by atoms with Gasteiger partial charge in [0.1, 0.15) is 49.3 Å². The Morgan fingerprint density at radius 1 is 0.940 bits per heavy atom. The van der Waals surface area contributed by atoms with Gasteiger partial charge >= 0.3 is 5.97 Å². The number of methoxy groups -OCH3 is 4. The predicted octanol–water partition coefficient (Wildman–Crippen LogP) is 4.74. The molecule has 0 spiro atoms. The number of rotatable bonds is 21. The maximum absolute atomic E-state index is 15.1. The number of halogens is 1. The predicted molar refractivity (Wildman–Crippen MR) is 301 cm³/mol. The third-order valence-electron chi connectivity index (χ3n) is 17.7. The standard InChI is InChI=1S/C59H93FN6O17/c1-16-46-59(10,72)52(69)35(4)48(62-78-32-74-12)33(2)27-58(9,77-15)54(36(5)50(37(6)55(71)81-46)82-47-28-57(8,76-14)53(70)38(7)80-47)83-56-49(68)44(25-34(3)79-56)64(11)23-22-42-30-65(63-61-42)45(29-60)51(75-13)40-19-17-39(18-20-40)41-21-24-66(73)43(26-41)31-67/h17-21,24,26,30,33-38,44-47,49-54,56,67-70,72H,16,22-23,25,27-29,31-32H2,1-15H3/b62-48+/t33-,34-,35+,36+,37-,38+,44+,45-,46-,47+,49-,50+,51-,52-,53+,54-,56+,57-,58-,59-/m1/s1. The van der Waals surface area contributed by atoms with Gasteiger partial charge in [-0.3, -0.25) is 4.79 Å². The van der Waals surface area contributed by atoms with Crippen molar-refractivity contribution in [3.8, 4) is 11.1 Å². The largest absolute Gasteiger partial charge is 0.618 e. The zero-order valence-corrected chi connectivity index (χ0v) is 51.0. The summed E-state index contributed by atoms with van der Waals surface area (Å²) >= 11 is 0. The van der Waals surface area contributed by atoms with E-state index in [2.05, 4.69) is 15.5 Å². The van der Waals surface area contributed by atoms with E-state index in [0.29, 0.717) is 41.1 Å². The van der Waals surface area contributed by atoms with Gasteiger partial charge in [0, 0.05) is 90.0 Å². The normalized spacial score (nSPS) is 36.3. The molecule has 5 N–H and O–H groups in total. The molecule has 3 aliphatic rings. The number of benzene rings is 1. The Hall–Kier alpha value is -4.38. The Morgan fingerprint density at radius 2 is 1.63 bits per heavy atom. The average molecular weight is 1180 g/mol. The van der Waals surface area contributed by atoms with Gasteiger partial charge in [-0.1, -0.05) is 62.3 Å². The smallest absolute Gasteiger partial charge is 0.311 e. The van der Waals surface area contributed by atoms with Crippen LogP contribution in [0.15, 0.2) is 53.9 Å². The highest BCUT2D eigenvalue weighted by atomic mass is 19.1. The van der Waals surface area contributed by atoms with E-state index in [0.717, 1.165) is 11.1 Å². The number of ether oxygens (including phenoxy) is 9. The van der Waals surface area contributed by atoms with E-state index in [1.54, 1.807) is 52.9 Å². The van der Waals surface area contributed by atoms with Crippen molar-refractivity contribution in [2.24, 2.45) is 28.8 Å². The van der Waals surface area contributed by atoms with Crippen LogP contribution >= 0.6 is 0 Å². The van der Waals surface area contributed by atoms with Crippen molar-refractivity contribution < 1.29 is 86.9 Å². The van der Waals surface area contributed by atoms with Crippen molar-refractivity contribution in [1.29, 1.82) is 0 Å². The zero-order chi connectivity index (χ0) is 61.3. The van der Waals surface area contributed by atoms with Gasteiger partial charge in [-0.2, -0.15) is 4.73 Å². The highest BCUT2D eigenvalue weighted by Crippen LogP contribution is 2.43. The fraction of sp³-hybridized carbons (Fsp3) is 0.746. The SMILES string of the molecule is CC[C@H]1OC(=O)[C@H](C)[C@@H](O[C@H]2C[C@@](C)(OC)[C@@H](O)[C@H](C)O2)[C@H](C)[C@@H](O[C@@H]2O[C@H](C)C[C@H](N(C)CCc3cn([C@H](CF)[C@H](OC)c4ccc(-c5cc[n+]([O-])c(CO)c5)cc4)nn3)[C@H]2O)[C@](C)(OC)C[C@@H](C)/C(=N\OCOC)[C@H](C)[C@@H](O)[C@]1(C)O. The number of esters is 1. The summed E-state index contributed by atoms with van der Waals surface area (Å²) in [5.41, 5.74) is -1.07. The van der Waals surface area contributed by atoms with Gasteiger partial charge in [-0.05, 0) is 84.5 Å². The van der Waals surface area contributed by atoms with E-state index in [1.165, 1.54) is 46.2 Å². The lowest BCUT2D eigenvalue weighted by Crippen LogP contribution is -2.61. The van der Waals surface area contributed by atoms with Crippen LogP contribution in [-0.2, 0) is 65.3 Å². The molecule has 3 aromatic rings. The molecular weight excluding hydrogens is 1080 g/mol. The van der Waals surface area contributed by atoms with Crippen molar-refractivity contribution >= 4 is 11.7 Å². The summed E-state index contributed by atoms with van der Waals surface area (Å²) in [4.78, 5) is 22.3. The summed E-state index contributed by atoms with van der Waals surface area (Å²) in [5, 5.41) is 82.7. The summed E-state index contributed by atoms with van der Waals surface area (Å²) in [7, 11) is 7.84. The zero-order valence-electron chi connectivity index (χ0n) is 51.0. The summed E-state index contributed by atoms with van der Waals surface area (Å²) < 4.78 is 73.6. The average Bonchev–Trinajstić information content (AvgIpc) is 3.74. The van der Waals surface area contributed by atoms with E-state index in [9.17, 15) is 35.5 Å².